The van der Waals surface area contributed by atoms with Crippen LogP contribution in [0.2, 0.25) is 0 Å². The van der Waals surface area contributed by atoms with Crippen LogP contribution in [0.4, 0.5) is 0 Å². The van der Waals surface area contributed by atoms with Gasteiger partial charge in [-0.1, -0.05) is 24.3 Å². The molecular weight excluding hydrogens is 272 g/mol. The van der Waals surface area contributed by atoms with Crippen molar-refractivity contribution in [2.45, 2.75) is 6.42 Å². The van der Waals surface area contributed by atoms with Crippen LogP contribution in [0.1, 0.15) is 22.3 Å². The number of hydrogen-bond donors (Lipinski definition) is 1. The van der Waals surface area contributed by atoms with Crippen molar-refractivity contribution in [1.29, 1.82) is 15.8 Å². The van der Waals surface area contributed by atoms with E-state index in [0.29, 0.717) is 17.4 Å². The number of hydrogen-bond acceptors (Lipinski definition) is 3. The summed E-state index contributed by atoms with van der Waals surface area (Å²) < 4.78 is 0. The van der Waals surface area contributed by atoms with E-state index in [1.165, 1.54) is 0 Å². The third kappa shape index (κ3) is 1.67. The van der Waals surface area contributed by atoms with Gasteiger partial charge in [0.2, 0.25) is 0 Å². The molecule has 0 bridgehead atoms. The maximum Gasteiger partial charge on any atom is 0.102 e. The molecule has 0 unspecified atom stereocenters. The first-order valence-corrected chi connectivity index (χ1v) is 6.67. The molecule has 1 aromatic heterocycles. The quantitative estimate of drug-likeness (QED) is 0.727. The first-order valence-electron chi connectivity index (χ1n) is 6.67. The van der Waals surface area contributed by atoms with Crippen LogP contribution in [0.5, 0.6) is 0 Å². The summed E-state index contributed by atoms with van der Waals surface area (Å²) in [7, 11) is 0. The van der Waals surface area contributed by atoms with Gasteiger partial charge in [-0.15, -0.1) is 6.58 Å². The lowest BCUT2D eigenvalue weighted by Gasteiger charge is -2.08. The van der Waals surface area contributed by atoms with Gasteiger partial charge < -0.3 is 4.98 Å². The predicted molar refractivity (Wildman–Crippen MR) is 83.9 cm³/mol. The summed E-state index contributed by atoms with van der Waals surface area (Å²) in [5.41, 5.74) is 2.95. The highest BCUT2D eigenvalue weighted by Gasteiger charge is 2.21. The zero-order chi connectivity index (χ0) is 15.7. The van der Waals surface area contributed by atoms with Gasteiger partial charge in [-0.05, 0) is 18.1 Å². The molecular formula is C18H10N4. The van der Waals surface area contributed by atoms with Crippen molar-refractivity contribution in [3.05, 3.63) is 59.2 Å². The summed E-state index contributed by atoms with van der Waals surface area (Å²) in [6.45, 7) is 3.72. The Morgan fingerprint density at radius 3 is 2.32 bits per heavy atom. The zero-order valence-corrected chi connectivity index (χ0v) is 11.6. The molecule has 102 valence electrons. The normalized spacial score (nSPS) is 10.0. The van der Waals surface area contributed by atoms with E-state index < -0.39 is 0 Å². The van der Waals surface area contributed by atoms with Crippen LogP contribution in [0.15, 0.2) is 36.9 Å². The van der Waals surface area contributed by atoms with Crippen molar-refractivity contribution in [1.82, 2.24) is 4.98 Å². The van der Waals surface area contributed by atoms with E-state index in [9.17, 15) is 15.8 Å². The van der Waals surface area contributed by atoms with E-state index in [-0.39, 0.29) is 16.7 Å². The van der Waals surface area contributed by atoms with Gasteiger partial charge in [0.15, 0.2) is 0 Å². The highest BCUT2D eigenvalue weighted by molar-refractivity contribution is 6.12. The Kier molecular flexibility index (Phi) is 3.11. The SMILES string of the molecule is C=CCc1c(C#N)c(C#N)c(C#N)c2c1[nH]c1ccccc12. The van der Waals surface area contributed by atoms with Gasteiger partial charge in [-0.3, -0.25) is 0 Å². The highest BCUT2D eigenvalue weighted by Crippen LogP contribution is 2.35. The van der Waals surface area contributed by atoms with Crippen LogP contribution in [0.3, 0.4) is 0 Å². The Hall–Kier alpha value is -3.55. The van der Waals surface area contributed by atoms with Crippen LogP contribution in [-0.4, -0.2) is 4.98 Å². The van der Waals surface area contributed by atoms with Gasteiger partial charge in [0.25, 0.3) is 0 Å². The van der Waals surface area contributed by atoms with Crippen LogP contribution < -0.4 is 0 Å². The van der Waals surface area contributed by atoms with E-state index in [1.54, 1.807) is 6.08 Å². The average Bonchev–Trinajstić information content (AvgIpc) is 2.93. The second-order valence-electron chi connectivity index (χ2n) is 4.85. The summed E-state index contributed by atoms with van der Waals surface area (Å²) in [6, 6.07) is 13.8. The average molecular weight is 282 g/mol. The molecule has 4 heteroatoms. The molecule has 1 N–H and O–H groups in total. The molecule has 0 aliphatic heterocycles. The molecule has 0 spiro atoms. The Morgan fingerprint density at radius 1 is 1.00 bits per heavy atom. The number of nitrogens with one attached hydrogen (secondary N) is 1. The number of para-hydroxylation sites is 1. The fourth-order valence-corrected chi connectivity index (χ4v) is 2.85. The molecule has 0 amide bonds. The van der Waals surface area contributed by atoms with E-state index in [2.05, 4.69) is 23.7 Å². The summed E-state index contributed by atoms with van der Waals surface area (Å²) in [4.78, 5) is 3.27. The van der Waals surface area contributed by atoms with Crippen molar-refractivity contribution in [3.63, 3.8) is 0 Å². The highest BCUT2D eigenvalue weighted by atomic mass is 14.7. The fraction of sp³-hybridized carbons (Fsp3) is 0.0556. The first kappa shape index (κ1) is 13.4. The number of H-pyrrole nitrogens is 1. The molecule has 0 radical (unpaired) electrons. The van der Waals surface area contributed by atoms with E-state index in [1.807, 2.05) is 30.3 Å². The van der Waals surface area contributed by atoms with Crippen LogP contribution in [-0.2, 0) is 6.42 Å². The lowest BCUT2D eigenvalue weighted by Crippen LogP contribution is -1.99. The van der Waals surface area contributed by atoms with Crippen molar-refractivity contribution < 1.29 is 0 Å². The number of allylic oxidation sites excluding steroid dienone is 1. The minimum absolute atomic E-state index is 0.138. The molecule has 22 heavy (non-hydrogen) atoms. The maximum absolute atomic E-state index is 9.52. The van der Waals surface area contributed by atoms with Crippen LogP contribution in [0, 0.1) is 34.0 Å². The molecule has 3 rings (SSSR count). The molecule has 0 aliphatic carbocycles. The largest absolute Gasteiger partial charge is 0.354 e. The zero-order valence-electron chi connectivity index (χ0n) is 11.6. The molecule has 0 fully saturated rings. The van der Waals surface area contributed by atoms with Gasteiger partial charge in [0.05, 0.1) is 22.2 Å². The van der Waals surface area contributed by atoms with Crippen LogP contribution in [0.25, 0.3) is 21.8 Å². The van der Waals surface area contributed by atoms with Gasteiger partial charge in [0, 0.05) is 16.3 Å². The number of nitrogens with zero attached hydrogens (tertiary/aromatic N) is 3. The predicted octanol–water partition coefficient (Wildman–Crippen LogP) is 3.66. The maximum atomic E-state index is 9.52. The van der Waals surface area contributed by atoms with E-state index >= 15 is 0 Å². The molecule has 3 aromatic rings. The standard InChI is InChI=1S/C18H10N4/c1-2-5-11-13(8-19)14(9-20)15(10-21)17-12-6-3-4-7-16(12)22-18(11)17/h2-4,6-7,22H,1,5H2. The minimum Gasteiger partial charge on any atom is -0.354 e. The fourth-order valence-electron chi connectivity index (χ4n) is 2.85. The third-order valence-electron chi connectivity index (χ3n) is 3.74. The second-order valence-corrected chi connectivity index (χ2v) is 4.85. The Labute approximate surface area is 127 Å². The number of benzene rings is 2. The number of nitriles is 3. The molecule has 0 atom stereocenters. The lowest BCUT2D eigenvalue weighted by molar-refractivity contribution is 1.25. The number of rotatable bonds is 2. The first-order chi connectivity index (χ1) is 10.8. The molecule has 0 saturated carbocycles. The molecule has 1 heterocycles. The Bertz CT molecular complexity index is 1050. The van der Waals surface area contributed by atoms with E-state index in [4.69, 9.17) is 0 Å². The molecule has 0 saturated heterocycles. The van der Waals surface area contributed by atoms with Crippen molar-refractivity contribution >= 4 is 21.8 Å². The monoisotopic (exact) mass is 282 g/mol. The van der Waals surface area contributed by atoms with E-state index in [0.717, 1.165) is 16.4 Å². The molecule has 2 aromatic carbocycles. The van der Waals surface area contributed by atoms with Crippen LogP contribution >= 0.6 is 0 Å². The van der Waals surface area contributed by atoms with Crippen molar-refractivity contribution in [2.24, 2.45) is 0 Å². The number of aromatic amines is 1. The molecule has 0 aliphatic rings. The Morgan fingerprint density at radius 2 is 1.68 bits per heavy atom. The smallest absolute Gasteiger partial charge is 0.102 e. The lowest BCUT2D eigenvalue weighted by atomic mass is 9.91. The molecule has 4 nitrogen and oxygen atoms in total. The Balaban J connectivity index is 2.69. The summed E-state index contributed by atoms with van der Waals surface area (Å²) in [6.07, 6.45) is 2.14. The van der Waals surface area contributed by atoms with Crippen molar-refractivity contribution in [2.75, 3.05) is 0 Å². The summed E-state index contributed by atoms with van der Waals surface area (Å²) in [5.74, 6) is 0. The summed E-state index contributed by atoms with van der Waals surface area (Å²) in [5, 5.41) is 30.0. The summed E-state index contributed by atoms with van der Waals surface area (Å²) >= 11 is 0. The van der Waals surface area contributed by atoms with Crippen molar-refractivity contribution in [3.8, 4) is 18.2 Å². The van der Waals surface area contributed by atoms with Gasteiger partial charge in [-0.25, -0.2) is 0 Å². The minimum atomic E-state index is 0.138. The van der Waals surface area contributed by atoms with Gasteiger partial charge in [0.1, 0.15) is 18.2 Å². The second kappa shape index (κ2) is 5.09. The number of fused-ring (bicyclic) bond motifs is 3. The van der Waals surface area contributed by atoms with Gasteiger partial charge >= 0.3 is 0 Å². The topological polar surface area (TPSA) is 87.2 Å². The third-order valence-corrected chi connectivity index (χ3v) is 3.74. The number of aromatic nitrogens is 1. The van der Waals surface area contributed by atoms with Gasteiger partial charge in [-0.2, -0.15) is 15.8 Å².